The number of hydrogen-bond acceptors (Lipinski definition) is 4. The summed E-state index contributed by atoms with van der Waals surface area (Å²) in [6.07, 6.45) is 0. The molecule has 0 spiro atoms. The molecule has 0 aromatic heterocycles. The van der Waals surface area contributed by atoms with E-state index in [0.717, 1.165) is 6.07 Å². The number of rotatable bonds is 2. The minimum atomic E-state index is -0.598. The molecule has 0 unspecified atom stereocenters. The fourth-order valence-corrected chi connectivity index (χ4v) is 2.27. The highest BCUT2D eigenvalue weighted by atomic mass is 19.1. The second kappa shape index (κ2) is 4.77. The lowest BCUT2D eigenvalue weighted by Gasteiger charge is -2.45. The van der Waals surface area contributed by atoms with Crippen LogP contribution in [0.1, 0.15) is 20.8 Å². The number of non-ortho nitro benzene ring substituents is 1. The minimum absolute atomic E-state index is 0.0165. The average molecular weight is 268 g/mol. The summed E-state index contributed by atoms with van der Waals surface area (Å²) in [7, 11) is 0. The number of hydrogen-bond donors (Lipinski definition) is 0. The maximum absolute atomic E-state index is 14.0. The molecule has 104 valence electrons. The number of ether oxygens (including phenoxy) is 1. The van der Waals surface area contributed by atoms with Crippen LogP contribution in [0.2, 0.25) is 0 Å². The number of anilines is 1. The van der Waals surface area contributed by atoms with Gasteiger partial charge in [0.2, 0.25) is 0 Å². The first-order valence-electron chi connectivity index (χ1n) is 6.17. The van der Waals surface area contributed by atoms with Crippen LogP contribution in [-0.4, -0.2) is 29.7 Å². The molecule has 0 N–H and O–H groups in total. The Bertz CT molecular complexity index is 505. The van der Waals surface area contributed by atoms with E-state index in [1.807, 2.05) is 25.7 Å². The van der Waals surface area contributed by atoms with Crippen molar-refractivity contribution in [2.45, 2.75) is 32.4 Å². The third-order valence-corrected chi connectivity index (χ3v) is 3.73. The second-order valence-corrected chi connectivity index (χ2v) is 5.21. The Morgan fingerprint density at radius 1 is 1.53 bits per heavy atom. The summed E-state index contributed by atoms with van der Waals surface area (Å²) in [5.74, 6) is -0.571. The van der Waals surface area contributed by atoms with Crippen molar-refractivity contribution in [1.82, 2.24) is 0 Å². The van der Waals surface area contributed by atoms with E-state index in [1.54, 1.807) is 0 Å². The Morgan fingerprint density at radius 2 is 2.21 bits per heavy atom. The molecule has 1 heterocycles. The molecule has 0 radical (unpaired) electrons. The lowest BCUT2D eigenvalue weighted by Crippen LogP contribution is -2.55. The van der Waals surface area contributed by atoms with Gasteiger partial charge < -0.3 is 9.64 Å². The summed E-state index contributed by atoms with van der Waals surface area (Å²) in [5, 5.41) is 10.6. The van der Waals surface area contributed by atoms with Crippen LogP contribution in [0.5, 0.6) is 0 Å². The van der Waals surface area contributed by atoms with Crippen LogP contribution >= 0.6 is 0 Å². The lowest BCUT2D eigenvalue weighted by molar-refractivity contribution is -0.385. The van der Waals surface area contributed by atoms with Crippen LogP contribution in [0.3, 0.4) is 0 Å². The summed E-state index contributed by atoms with van der Waals surface area (Å²) >= 11 is 0. The van der Waals surface area contributed by atoms with Crippen LogP contribution in [0, 0.1) is 15.9 Å². The van der Waals surface area contributed by atoms with Crippen molar-refractivity contribution in [2.24, 2.45) is 0 Å². The standard InChI is InChI=1S/C13H17FN2O3/c1-9-13(2,3)19-7-6-15(9)12-5-4-10(16(17)18)8-11(12)14/h4-5,8-9H,6-7H2,1-3H3/t9-/m1/s1. The van der Waals surface area contributed by atoms with Gasteiger partial charge in [0.05, 0.1) is 34.9 Å². The maximum atomic E-state index is 14.0. The van der Waals surface area contributed by atoms with Gasteiger partial charge in [0.1, 0.15) is 0 Å². The smallest absolute Gasteiger partial charge is 0.272 e. The predicted octanol–water partition coefficient (Wildman–Crippen LogP) is 2.74. The molecule has 19 heavy (non-hydrogen) atoms. The van der Waals surface area contributed by atoms with Gasteiger partial charge in [-0.2, -0.15) is 0 Å². The normalized spacial score (nSPS) is 22.3. The molecule has 0 aliphatic carbocycles. The summed E-state index contributed by atoms with van der Waals surface area (Å²) in [6.45, 7) is 6.94. The molecule has 0 saturated carbocycles. The quantitative estimate of drug-likeness (QED) is 0.611. The second-order valence-electron chi connectivity index (χ2n) is 5.21. The molecule has 1 aromatic rings. The molecule has 1 aliphatic rings. The SMILES string of the molecule is C[C@H]1N(c2ccc([N+](=O)[O-])cc2F)CCOC1(C)C. The number of nitro benzene ring substituents is 1. The van der Waals surface area contributed by atoms with E-state index < -0.39 is 10.7 Å². The van der Waals surface area contributed by atoms with Gasteiger partial charge in [-0.05, 0) is 26.8 Å². The zero-order valence-corrected chi connectivity index (χ0v) is 11.2. The number of morpholine rings is 1. The third kappa shape index (κ3) is 2.53. The van der Waals surface area contributed by atoms with Gasteiger partial charge >= 0.3 is 0 Å². The molecule has 6 heteroatoms. The van der Waals surface area contributed by atoms with Crippen molar-refractivity contribution >= 4 is 11.4 Å². The highest BCUT2D eigenvalue weighted by molar-refractivity contribution is 5.53. The molecule has 1 aromatic carbocycles. The molecule has 1 aliphatic heterocycles. The van der Waals surface area contributed by atoms with Crippen LogP contribution < -0.4 is 4.90 Å². The van der Waals surface area contributed by atoms with Gasteiger partial charge in [-0.3, -0.25) is 10.1 Å². The van der Waals surface area contributed by atoms with Gasteiger partial charge in [0.25, 0.3) is 5.69 Å². The predicted molar refractivity (Wildman–Crippen MR) is 69.9 cm³/mol. The Labute approximate surface area is 111 Å². The highest BCUT2D eigenvalue weighted by Crippen LogP contribution is 2.32. The van der Waals surface area contributed by atoms with Crippen molar-refractivity contribution < 1.29 is 14.1 Å². The van der Waals surface area contributed by atoms with Gasteiger partial charge in [-0.25, -0.2) is 4.39 Å². The Kier molecular flexibility index (Phi) is 3.45. The van der Waals surface area contributed by atoms with E-state index in [1.165, 1.54) is 12.1 Å². The van der Waals surface area contributed by atoms with Gasteiger partial charge in [-0.1, -0.05) is 0 Å². The van der Waals surface area contributed by atoms with Crippen molar-refractivity contribution in [3.8, 4) is 0 Å². The zero-order valence-electron chi connectivity index (χ0n) is 11.2. The molecule has 5 nitrogen and oxygen atoms in total. The van der Waals surface area contributed by atoms with Crippen LogP contribution in [-0.2, 0) is 4.74 Å². The minimum Gasteiger partial charge on any atom is -0.372 e. The van der Waals surface area contributed by atoms with E-state index in [0.29, 0.717) is 18.8 Å². The first-order valence-corrected chi connectivity index (χ1v) is 6.17. The van der Waals surface area contributed by atoms with Crippen molar-refractivity contribution in [3.05, 3.63) is 34.1 Å². The molecule has 1 fully saturated rings. The Balaban J connectivity index is 2.34. The van der Waals surface area contributed by atoms with Gasteiger partial charge in [-0.15, -0.1) is 0 Å². The number of benzene rings is 1. The summed E-state index contributed by atoms with van der Waals surface area (Å²) in [5.41, 5.74) is -0.233. The highest BCUT2D eigenvalue weighted by Gasteiger charge is 2.36. The van der Waals surface area contributed by atoms with E-state index in [4.69, 9.17) is 4.74 Å². The van der Waals surface area contributed by atoms with Crippen LogP contribution in [0.25, 0.3) is 0 Å². The molecular weight excluding hydrogens is 251 g/mol. The number of nitro groups is 1. The third-order valence-electron chi connectivity index (χ3n) is 3.73. The topological polar surface area (TPSA) is 55.6 Å². The number of nitrogens with zero attached hydrogens (tertiary/aromatic N) is 2. The molecule has 1 saturated heterocycles. The Hall–Kier alpha value is -1.69. The van der Waals surface area contributed by atoms with Crippen LogP contribution in [0.15, 0.2) is 18.2 Å². The van der Waals surface area contributed by atoms with Gasteiger partial charge in [0, 0.05) is 12.6 Å². The summed E-state index contributed by atoms with van der Waals surface area (Å²) < 4.78 is 19.7. The maximum Gasteiger partial charge on any atom is 0.272 e. The molecule has 1 atom stereocenters. The van der Waals surface area contributed by atoms with Crippen molar-refractivity contribution in [3.63, 3.8) is 0 Å². The molecule has 0 bridgehead atoms. The number of halogens is 1. The van der Waals surface area contributed by atoms with E-state index in [-0.39, 0.29) is 17.3 Å². The van der Waals surface area contributed by atoms with Crippen molar-refractivity contribution in [2.75, 3.05) is 18.1 Å². The van der Waals surface area contributed by atoms with Gasteiger partial charge in [0.15, 0.2) is 5.82 Å². The summed E-state index contributed by atoms with van der Waals surface area (Å²) in [4.78, 5) is 11.9. The fraction of sp³-hybridized carbons (Fsp3) is 0.538. The molecule has 0 amide bonds. The Morgan fingerprint density at radius 3 is 2.79 bits per heavy atom. The molecule has 2 rings (SSSR count). The van der Waals surface area contributed by atoms with Crippen LogP contribution in [0.4, 0.5) is 15.8 Å². The largest absolute Gasteiger partial charge is 0.372 e. The van der Waals surface area contributed by atoms with E-state index in [2.05, 4.69) is 0 Å². The first-order chi connectivity index (χ1) is 8.83. The van der Waals surface area contributed by atoms with E-state index >= 15 is 0 Å². The lowest BCUT2D eigenvalue weighted by atomic mass is 9.96. The fourth-order valence-electron chi connectivity index (χ4n) is 2.27. The summed E-state index contributed by atoms with van der Waals surface area (Å²) in [6, 6.07) is 3.74. The molecular formula is C13H17FN2O3. The van der Waals surface area contributed by atoms with E-state index in [9.17, 15) is 14.5 Å². The average Bonchev–Trinajstić information content (AvgIpc) is 2.33. The van der Waals surface area contributed by atoms with Crippen molar-refractivity contribution in [1.29, 1.82) is 0 Å². The zero-order chi connectivity index (χ0) is 14.2. The first kappa shape index (κ1) is 13.7. The monoisotopic (exact) mass is 268 g/mol.